The lowest BCUT2D eigenvalue weighted by Crippen LogP contribution is -2.43. The second-order valence-corrected chi connectivity index (χ2v) is 8.45. The molecule has 0 atom stereocenters. The number of urea groups is 1. The number of ketones is 1. The lowest BCUT2D eigenvalue weighted by Gasteiger charge is -2.30. The number of hydrogen-bond donors (Lipinski definition) is 2. The van der Waals surface area contributed by atoms with Crippen LogP contribution in [0.2, 0.25) is 0 Å². The molecule has 1 saturated heterocycles. The summed E-state index contributed by atoms with van der Waals surface area (Å²) in [5.74, 6) is -1.60. The third-order valence-corrected chi connectivity index (χ3v) is 5.97. The summed E-state index contributed by atoms with van der Waals surface area (Å²) in [4.78, 5) is 51.9. The van der Waals surface area contributed by atoms with Crippen molar-refractivity contribution >= 4 is 35.1 Å². The summed E-state index contributed by atoms with van der Waals surface area (Å²) in [6, 6.07) is 24.4. The van der Waals surface area contributed by atoms with Gasteiger partial charge in [0.15, 0.2) is 12.4 Å². The van der Waals surface area contributed by atoms with Gasteiger partial charge in [-0.25, -0.2) is 4.79 Å². The van der Waals surface area contributed by atoms with Gasteiger partial charge < -0.3 is 20.3 Å². The Morgan fingerprint density at radius 1 is 0.778 bits per heavy atom. The van der Waals surface area contributed by atoms with Crippen LogP contribution >= 0.6 is 0 Å². The van der Waals surface area contributed by atoms with Gasteiger partial charge in [0.05, 0.1) is 11.6 Å². The molecule has 36 heavy (non-hydrogen) atoms. The van der Waals surface area contributed by atoms with Crippen LogP contribution in [0.1, 0.15) is 28.8 Å². The number of hydrogen-bond acceptors (Lipinski definition) is 5. The van der Waals surface area contributed by atoms with Crippen LogP contribution in [0.5, 0.6) is 0 Å². The Hall–Kier alpha value is -4.46. The van der Waals surface area contributed by atoms with Crippen LogP contribution in [0.3, 0.4) is 0 Å². The maximum Gasteiger partial charge on any atom is 0.321 e. The first-order valence-corrected chi connectivity index (χ1v) is 11.8. The fourth-order valence-corrected chi connectivity index (χ4v) is 4.02. The van der Waals surface area contributed by atoms with Gasteiger partial charge in [0.1, 0.15) is 0 Å². The predicted molar refractivity (Wildman–Crippen MR) is 136 cm³/mol. The number of nitrogens with one attached hydrogen (secondary N) is 2. The molecular weight excluding hydrogens is 458 g/mol. The Labute approximate surface area is 209 Å². The molecule has 2 N–H and O–H groups in total. The maximum absolute atomic E-state index is 12.8. The molecule has 1 heterocycles. The van der Waals surface area contributed by atoms with Gasteiger partial charge in [-0.3, -0.25) is 14.4 Å². The summed E-state index contributed by atoms with van der Waals surface area (Å²) in [6.45, 7) is 0.376. The summed E-state index contributed by atoms with van der Waals surface area (Å²) in [5.41, 5.74) is 1.92. The van der Waals surface area contributed by atoms with Crippen LogP contribution in [0.4, 0.5) is 16.2 Å². The van der Waals surface area contributed by atoms with E-state index in [0.29, 0.717) is 48.4 Å². The van der Waals surface area contributed by atoms with Crippen LogP contribution in [0.25, 0.3) is 0 Å². The van der Waals surface area contributed by atoms with Gasteiger partial charge in [-0.15, -0.1) is 0 Å². The van der Waals surface area contributed by atoms with Crippen LogP contribution in [0.15, 0.2) is 84.9 Å². The Kier molecular flexibility index (Phi) is 8.08. The van der Waals surface area contributed by atoms with Crippen LogP contribution in [-0.4, -0.2) is 48.3 Å². The Balaban J connectivity index is 1.25. The topological polar surface area (TPSA) is 105 Å². The van der Waals surface area contributed by atoms with Gasteiger partial charge >= 0.3 is 12.0 Å². The van der Waals surface area contributed by atoms with Gasteiger partial charge in [-0.1, -0.05) is 60.7 Å². The highest BCUT2D eigenvalue weighted by atomic mass is 16.5. The highest BCUT2D eigenvalue weighted by Gasteiger charge is 2.29. The lowest BCUT2D eigenvalue weighted by atomic mass is 9.97. The molecule has 0 radical (unpaired) electrons. The number of para-hydroxylation sites is 2. The molecule has 0 aliphatic carbocycles. The molecule has 1 aliphatic rings. The van der Waals surface area contributed by atoms with E-state index in [9.17, 15) is 19.2 Å². The number of esters is 1. The predicted octanol–water partition coefficient (Wildman–Crippen LogP) is 4.34. The van der Waals surface area contributed by atoms with E-state index in [-0.39, 0.29) is 17.7 Å². The van der Waals surface area contributed by atoms with E-state index in [4.69, 9.17) is 4.74 Å². The van der Waals surface area contributed by atoms with E-state index in [2.05, 4.69) is 10.6 Å². The standard InChI is InChI=1S/C28H27N3O5/c32-25(30-24-14-8-7-13-23(24)26(33)20-9-3-1-4-10-20)19-36-27(34)21-15-17-31(18-16-21)28(35)29-22-11-5-2-6-12-22/h1-14,21H,15-19H2,(H,29,35)(H,30,32). The van der Waals surface area contributed by atoms with Crippen molar-refractivity contribution in [3.63, 3.8) is 0 Å². The van der Waals surface area contributed by atoms with E-state index >= 15 is 0 Å². The summed E-state index contributed by atoms with van der Waals surface area (Å²) >= 11 is 0. The van der Waals surface area contributed by atoms with E-state index in [1.807, 2.05) is 36.4 Å². The van der Waals surface area contributed by atoms with E-state index in [0.717, 1.165) is 0 Å². The second kappa shape index (κ2) is 11.8. The summed E-state index contributed by atoms with van der Waals surface area (Å²) in [6.07, 6.45) is 0.911. The molecule has 184 valence electrons. The molecule has 3 aromatic rings. The molecule has 1 fully saturated rings. The van der Waals surface area contributed by atoms with Crippen molar-refractivity contribution < 1.29 is 23.9 Å². The maximum atomic E-state index is 12.8. The molecule has 0 aromatic heterocycles. The fourth-order valence-electron chi connectivity index (χ4n) is 4.02. The number of ether oxygens (including phenoxy) is 1. The smallest absolute Gasteiger partial charge is 0.321 e. The first-order chi connectivity index (χ1) is 17.5. The van der Waals surface area contributed by atoms with Crippen LogP contribution in [0, 0.1) is 5.92 Å². The molecule has 3 amide bonds. The molecule has 4 rings (SSSR count). The third kappa shape index (κ3) is 6.35. The van der Waals surface area contributed by atoms with Gasteiger partial charge in [-0.2, -0.15) is 0 Å². The second-order valence-electron chi connectivity index (χ2n) is 8.45. The van der Waals surface area contributed by atoms with Crippen molar-refractivity contribution in [2.75, 3.05) is 30.3 Å². The van der Waals surface area contributed by atoms with Crippen molar-refractivity contribution in [2.24, 2.45) is 5.92 Å². The number of amides is 3. The van der Waals surface area contributed by atoms with Gasteiger partial charge in [0, 0.05) is 29.9 Å². The molecule has 0 unspecified atom stereocenters. The minimum Gasteiger partial charge on any atom is -0.455 e. The normalized spacial score (nSPS) is 13.5. The number of carbonyl (C=O) groups excluding carboxylic acids is 4. The molecule has 1 aliphatic heterocycles. The highest BCUT2D eigenvalue weighted by Crippen LogP contribution is 2.21. The van der Waals surface area contributed by atoms with E-state index < -0.39 is 18.5 Å². The quantitative estimate of drug-likeness (QED) is 0.383. The van der Waals surface area contributed by atoms with Crippen molar-refractivity contribution in [3.05, 3.63) is 96.1 Å². The zero-order chi connectivity index (χ0) is 25.3. The summed E-state index contributed by atoms with van der Waals surface area (Å²) in [5, 5.41) is 5.50. The minimum atomic E-state index is -0.531. The van der Waals surface area contributed by atoms with Gasteiger partial charge in [0.25, 0.3) is 5.91 Å². The Morgan fingerprint density at radius 3 is 2.08 bits per heavy atom. The van der Waals surface area contributed by atoms with Crippen LogP contribution < -0.4 is 10.6 Å². The van der Waals surface area contributed by atoms with E-state index in [1.54, 1.807) is 53.4 Å². The van der Waals surface area contributed by atoms with Crippen molar-refractivity contribution in [1.82, 2.24) is 4.90 Å². The largest absolute Gasteiger partial charge is 0.455 e. The van der Waals surface area contributed by atoms with Gasteiger partial charge in [-0.05, 0) is 37.1 Å². The number of anilines is 2. The van der Waals surface area contributed by atoms with E-state index in [1.165, 1.54) is 0 Å². The number of benzene rings is 3. The molecule has 0 spiro atoms. The van der Waals surface area contributed by atoms with Crippen LogP contribution in [-0.2, 0) is 14.3 Å². The first-order valence-electron chi connectivity index (χ1n) is 11.8. The molecule has 8 heteroatoms. The number of carbonyl (C=O) groups is 4. The first kappa shape index (κ1) is 24.7. The van der Waals surface area contributed by atoms with Crippen molar-refractivity contribution in [2.45, 2.75) is 12.8 Å². The van der Waals surface area contributed by atoms with Crippen molar-refractivity contribution in [1.29, 1.82) is 0 Å². The Bertz CT molecular complexity index is 1220. The summed E-state index contributed by atoms with van der Waals surface area (Å²) < 4.78 is 5.24. The summed E-state index contributed by atoms with van der Waals surface area (Å²) in [7, 11) is 0. The monoisotopic (exact) mass is 485 g/mol. The number of likely N-dealkylation sites (tertiary alicyclic amines) is 1. The highest BCUT2D eigenvalue weighted by molar-refractivity contribution is 6.13. The third-order valence-electron chi connectivity index (χ3n) is 5.97. The molecule has 0 saturated carbocycles. The number of piperidine rings is 1. The number of rotatable bonds is 7. The fraction of sp³-hybridized carbons (Fsp3) is 0.214. The average Bonchev–Trinajstić information content (AvgIpc) is 2.93. The minimum absolute atomic E-state index is 0.212. The molecule has 0 bridgehead atoms. The average molecular weight is 486 g/mol. The zero-order valence-electron chi connectivity index (χ0n) is 19.7. The molecular formula is C28H27N3O5. The van der Waals surface area contributed by atoms with Gasteiger partial charge in [0.2, 0.25) is 0 Å². The molecule has 3 aromatic carbocycles. The SMILES string of the molecule is O=C(COC(=O)C1CCN(C(=O)Nc2ccccc2)CC1)Nc1ccccc1C(=O)c1ccccc1. The molecule has 8 nitrogen and oxygen atoms in total. The lowest BCUT2D eigenvalue weighted by molar-refractivity contribution is -0.152. The zero-order valence-corrected chi connectivity index (χ0v) is 19.7. The Morgan fingerprint density at radius 2 is 1.39 bits per heavy atom. The van der Waals surface area contributed by atoms with Crippen molar-refractivity contribution in [3.8, 4) is 0 Å². The number of nitrogens with zero attached hydrogens (tertiary/aromatic N) is 1.